The minimum atomic E-state index is -0.839. The van der Waals surface area contributed by atoms with Gasteiger partial charge in [0.25, 0.3) is 0 Å². The van der Waals surface area contributed by atoms with E-state index in [1.165, 1.54) is 12.8 Å². The Balaban J connectivity index is 1.42. The molecule has 9 unspecified atom stereocenters. The average molecular weight is 554 g/mol. The second kappa shape index (κ2) is 8.83. The molecule has 0 aromatic carbocycles. The van der Waals surface area contributed by atoms with Crippen LogP contribution in [-0.2, 0) is 9.59 Å². The van der Waals surface area contributed by atoms with Crippen molar-refractivity contribution in [1.29, 1.82) is 0 Å². The second-order valence-electron chi connectivity index (χ2n) is 17.2. The van der Waals surface area contributed by atoms with Gasteiger partial charge in [0.1, 0.15) is 6.04 Å². The number of hydrogen-bond donors (Lipinski definition) is 2. The first-order chi connectivity index (χ1) is 18.5. The number of carbonyl (C=O) groups is 2. The first-order valence-corrected chi connectivity index (χ1v) is 16.5. The van der Waals surface area contributed by atoms with Crippen molar-refractivity contribution in [1.82, 2.24) is 4.90 Å². The molecule has 0 radical (unpaired) electrons. The summed E-state index contributed by atoms with van der Waals surface area (Å²) in [5.41, 5.74) is 1.62. The summed E-state index contributed by atoms with van der Waals surface area (Å²) in [7, 11) is 0. The molecule has 0 bridgehead atoms. The molecule has 0 aromatic rings. The van der Waals surface area contributed by atoms with E-state index in [-0.39, 0.29) is 45.0 Å². The molecular weight excluding hydrogens is 498 g/mol. The number of fused-ring (bicyclic) bond motifs is 7. The van der Waals surface area contributed by atoms with Gasteiger partial charge in [-0.1, -0.05) is 60.1 Å². The lowest BCUT2D eigenvalue weighted by atomic mass is 9.33. The zero-order valence-corrected chi connectivity index (χ0v) is 26.3. The summed E-state index contributed by atoms with van der Waals surface area (Å²) >= 11 is 0. The van der Waals surface area contributed by atoms with Gasteiger partial charge in [-0.3, -0.25) is 4.79 Å². The van der Waals surface area contributed by atoms with Crippen LogP contribution in [0.5, 0.6) is 0 Å². The molecule has 5 nitrogen and oxygen atoms in total. The highest BCUT2D eigenvalue weighted by Crippen LogP contribution is 2.76. The normalized spacial score (nSPS) is 49.1. The van der Waals surface area contributed by atoms with Crippen molar-refractivity contribution in [2.24, 2.45) is 50.2 Å². The molecule has 2 N–H and O–H groups in total. The van der Waals surface area contributed by atoms with E-state index in [0.717, 1.165) is 57.8 Å². The zero-order valence-electron chi connectivity index (χ0n) is 26.3. The van der Waals surface area contributed by atoms with Gasteiger partial charge in [0.05, 0.1) is 11.5 Å². The standard InChI is InChI=1S/C35H55NO4/c1-30(2)16-18-35(29(40)36-20-8-9-24(36)28(38)39)19-17-33(6)22(23(35)21-30)10-11-26-32(5)14-13-27(37)31(3,4)25(32)12-15-34(26,33)7/h10,23-27,37H,8-9,11-21H2,1-7H3,(H,38,39). The number of carbonyl (C=O) groups excluding carboxylic acids is 1. The molecule has 1 saturated heterocycles. The molecule has 1 heterocycles. The van der Waals surface area contributed by atoms with Crippen molar-refractivity contribution in [3.63, 3.8) is 0 Å². The van der Waals surface area contributed by atoms with Crippen LogP contribution in [0.15, 0.2) is 11.6 Å². The van der Waals surface area contributed by atoms with Crippen LogP contribution in [0.2, 0.25) is 0 Å². The number of likely N-dealkylation sites (tertiary alicyclic amines) is 1. The average Bonchev–Trinajstić information content (AvgIpc) is 3.37. The Kier molecular flexibility index (Phi) is 6.35. The Morgan fingerprint density at radius 3 is 2.27 bits per heavy atom. The topological polar surface area (TPSA) is 77.8 Å². The third-order valence-corrected chi connectivity index (χ3v) is 14.8. The van der Waals surface area contributed by atoms with Crippen LogP contribution in [0.4, 0.5) is 0 Å². The summed E-state index contributed by atoms with van der Waals surface area (Å²) in [5, 5.41) is 21.0. The first kappa shape index (κ1) is 28.7. The van der Waals surface area contributed by atoms with E-state index in [1.807, 2.05) is 0 Å². The van der Waals surface area contributed by atoms with Crippen molar-refractivity contribution in [2.45, 2.75) is 138 Å². The van der Waals surface area contributed by atoms with Gasteiger partial charge in [-0.05, 0) is 122 Å². The van der Waals surface area contributed by atoms with E-state index >= 15 is 0 Å². The van der Waals surface area contributed by atoms with Gasteiger partial charge in [-0.25, -0.2) is 4.79 Å². The minimum Gasteiger partial charge on any atom is -0.480 e. The van der Waals surface area contributed by atoms with Gasteiger partial charge in [0.15, 0.2) is 0 Å². The number of carboxylic acids is 1. The lowest BCUT2D eigenvalue weighted by Crippen LogP contribution is -2.65. The Morgan fingerprint density at radius 2 is 1.57 bits per heavy atom. The number of amides is 1. The monoisotopic (exact) mass is 553 g/mol. The summed E-state index contributed by atoms with van der Waals surface area (Å²) in [6, 6.07) is -0.659. The molecule has 5 heteroatoms. The van der Waals surface area contributed by atoms with Crippen LogP contribution in [0, 0.1) is 50.2 Å². The number of hydrogen-bond acceptors (Lipinski definition) is 3. The fourth-order valence-electron chi connectivity index (χ4n) is 12.2. The maximum absolute atomic E-state index is 14.6. The number of rotatable bonds is 2. The number of nitrogens with zero attached hydrogens (tertiary/aromatic N) is 1. The lowest BCUT2D eigenvalue weighted by molar-refractivity contribution is -0.204. The van der Waals surface area contributed by atoms with Crippen molar-refractivity contribution in [3.8, 4) is 0 Å². The van der Waals surface area contributed by atoms with Crippen LogP contribution in [-0.4, -0.2) is 45.7 Å². The van der Waals surface area contributed by atoms with Crippen molar-refractivity contribution >= 4 is 11.9 Å². The van der Waals surface area contributed by atoms with Crippen molar-refractivity contribution < 1.29 is 19.8 Å². The fourth-order valence-corrected chi connectivity index (χ4v) is 12.2. The van der Waals surface area contributed by atoms with E-state index in [2.05, 4.69) is 54.5 Å². The van der Waals surface area contributed by atoms with E-state index < -0.39 is 17.4 Å². The first-order valence-electron chi connectivity index (χ1n) is 16.5. The van der Waals surface area contributed by atoms with Gasteiger partial charge in [0.2, 0.25) is 5.91 Å². The predicted octanol–water partition coefficient (Wildman–Crippen LogP) is 7.22. The number of aliphatic carboxylic acids is 1. The molecule has 6 rings (SSSR count). The Hall–Kier alpha value is -1.36. The second-order valence-corrected chi connectivity index (χ2v) is 17.2. The maximum Gasteiger partial charge on any atom is 0.326 e. The maximum atomic E-state index is 14.6. The van der Waals surface area contributed by atoms with Gasteiger partial charge in [0, 0.05) is 6.54 Å². The minimum absolute atomic E-state index is 0.0448. The molecule has 0 spiro atoms. The van der Waals surface area contributed by atoms with E-state index in [9.17, 15) is 19.8 Å². The molecular formula is C35H55NO4. The third-order valence-electron chi connectivity index (χ3n) is 14.8. The molecule has 1 aliphatic heterocycles. The summed E-state index contributed by atoms with van der Waals surface area (Å²) in [6.07, 6.45) is 14.0. The van der Waals surface area contributed by atoms with Gasteiger partial charge in [-0.2, -0.15) is 0 Å². The fraction of sp³-hybridized carbons (Fsp3) is 0.886. The number of carboxylic acid groups (broad SMARTS) is 1. The summed E-state index contributed by atoms with van der Waals surface area (Å²) in [6.45, 7) is 17.6. The van der Waals surface area contributed by atoms with Crippen LogP contribution < -0.4 is 0 Å². The Morgan fingerprint density at radius 1 is 0.875 bits per heavy atom. The summed E-state index contributed by atoms with van der Waals surface area (Å²) in [5.74, 6) is 0.612. The lowest BCUT2D eigenvalue weighted by Gasteiger charge is -2.71. The zero-order chi connectivity index (χ0) is 29.1. The van der Waals surface area contributed by atoms with Crippen molar-refractivity contribution in [2.75, 3.05) is 6.54 Å². The highest BCUT2D eigenvalue weighted by Gasteiger charge is 2.69. The summed E-state index contributed by atoms with van der Waals surface area (Å²) < 4.78 is 0. The molecule has 6 aliphatic rings. The van der Waals surface area contributed by atoms with Crippen LogP contribution in [0.3, 0.4) is 0 Å². The predicted molar refractivity (Wildman–Crippen MR) is 157 cm³/mol. The molecule has 224 valence electrons. The number of allylic oxidation sites excluding steroid dienone is 2. The third kappa shape index (κ3) is 3.60. The number of aliphatic hydroxyl groups excluding tert-OH is 1. The Labute approximate surface area is 242 Å². The molecule has 1 amide bonds. The highest BCUT2D eigenvalue weighted by atomic mass is 16.4. The van der Waals surface area contributed by atoms with E-state index in [0.29, 0.717) is 24.8 Å². The Bertz CT molecular complexity index is 1120. The largest absolute Gasteiger partial charge is 0.480 e. The molecule has 4 saturated carbocycles. The highest BCUT2D eigenvalue weighted by molar-refractivity contribution is 5.89. The van der Waals surface area contributed by atoms with Crippen LogP contribution in [0.25, 0.3) is 0 Å². The summed E-state index contributed by atoms with van der Waals surface area (Å²) in [4.78, 5) is 28.5. The van der Waals surface area contributed by atoms with E-state index in [1.54, 1.807) is 10.5 Å². The molecule has 5 fully saturated rings. The molecule has 40 heavy (non-hydrogen) atoms. The molecule has 5 aliphatic carbocycles. The van der Waals surface area contributed by atoms with Crippen molar-refractivity contribution in [3.05, 3.63) is 11.6 Å². The van der Waals surface area contributed by atoms with Gasteiger partial charge < -0.3 is 15.1 Å². The van der Waals surface area contributed by atoms with Crippen LogP contribution >= 0.6 is 0 Å². The molecule has 0 aromatic heterocycles. The number of aliphatic hydroxyl groups is 1. The smallest absolute Gasteiger partial charge is 0.326 e. The SMILES string of the molecule is CC1(C)CCC2(C(=O)N3CCCC3C(=O)O)CCC3(C)C(=CCC4C5(C)CCC(O)C(C)(C)C5CCC43C)C2C1. The van der Waals surface area contributed by atoms with E-state index in [4.69, 9.17) is 0 Å². The quantitative estimate of drug-likeness (QED) is 0.354. The van der Waals surface area contributed by atoms with Gasteiger partial charge >= 0.3 is 5.97 Å². The van der Waals surface area contributed by atoms with Crippen LogP contribution in [0.1, 0.15) is 126 Å². The molecule has 9 atom stereocenters. The van der Waals surface area contributed by atoms with Gasteiger partial charge in [-0.15, -0.1) is 0 Å².